The van der Waals surface area contributed by atoms with E-state index < -0.39 is 11.5 Å². The van der Waals surface area contributed by atoms with Crippen molar-refractivity contribution in [1.29, 1.82) is 0 Å². The van der Waals surface area contributed by atoms with Crippen LogP contribution in [0.25, 0.3) is 11.0 Å². The highest BCUT2D eigenvalue weighted by molar-refractivity contribution is 5.96. The number of rotatable bonds is 4. The largest absolute Gasteiger partial charge is 0.422 e. The molecule has 1 aromatic heterocycles. The van der Waals surface area contributed by atoms with Crippen molar-refractivity contribution >= 4 is 28.6 Å². The van der Waals surface area contributed by atoms with E-state index in [1.165, 1.54) is 24.3 Å². The van der Waals surface area contributed by atoms with Crippen LogP contribution in [0, 0.1) is 11.7 Å². The Hall–Kier alpha value is -3.68. The number of benzene rings is 2. The molecule has 3 aromatic rings. The van der Waals surface area contributed by atoms with Gasteiger partial charge in [-0.2, -0.15) is 0 Å². The van der Waals surface area contributed by atoms with Gasteiger partial charge in [0.05, 0.1) is 0 Å². The fourth-order valence-electron chi connectivity index (χ4n) is 3.63. The maximum absolute atomic E-state index is 13.0. The predicted molar refractivity (Wildman–Crippen MR) is 115 cm³/mol. The summed E-state index contributed by atoms with van der Waals surface area (Å²) in [5.41, 5.74) is 0.295. The standard InChI is InChI=1S/C23H22FN3O4/c24-17-5-7-18(8-6-17)26-23(30)27-11-9-15(10-12-27)14-25-21(28)19-13-16-3-1-2-4-20(16)31-22(19)29/h1-8,13,15H,9-12,14H2,(H,25,28)(H,26,30). The molecule has 1 aliphatic rings. The van der Waals surface area contributed by atoms with Gasteiger partial charge in [0, 0.05) is 30.7 Å². The maximum atomic E-state index is 13.0. The summed E-state index contributed by atoms with van der Waals surface area (Å²) < 4.78 is 18.2. The number of anilines is 1. The van der Waals surface area contributed by atoms with Gasteiger partial charge in [-0.3, -0.25) is 4.79 Å². The van der Waals surface area contributed by atoms with Gasteiger partial charge < -0.3 is 20.0 Å². The summed E-state index contributed by atoms with van der Waals surface area (Å²) in [5, 5.41) is 6.25. The zero-order valence-corrected chi connectivity index (χ0v) is 16.8. The molecule has 1 fully saturated rings. The lowest BCUT2D eigenvalue weighted by molar-refractivity contribution is 0.0935. The second-order valence-electron chi connectivity index (χ2n) is 7.56. The number of halogens is 1. The van der Waals surface area contributed by atoms with Crippen LogP contribution in [0.15, 0.2) is 63.8 Å². The number of carbonyl (C=O) groups excluding carboxylic acids is 2. The van der Waals surface area contributed by atoms with Crippen LogP contribution in [-0.4, -0.2) is 36.5 Å². The lowest BCUT2D eigenvalue weighted by Gasteiger charge is -2.32. The molecule has 2 aromatic carbocycles. The van der Waals surface area contributed by atoms with Gasteiger partial charge in [-0.15, -0.1) is 0 Å². The van der Waals surface area contributed by atoms with E-state index in [0.29, 0.717) is 36.3 Å². The van der Waals surface area contributed by atoms with Crippen molar-refractivity contribution in [2.45, 2.75) is 12.8 Å². The van der Waals surface area contributed by atoms with Gasteiger partial charge in [-0.05, 0) is 55.2 Å². The molecule has 0 radical (unpaired) electrons. The molecule has 0 spiro atoms. The number of nitrogens with one attached hydrogen (secondary N) is 2. The minimum Gasteiger partial charge on any atom is -0.422 e. The fraction of sp³-hybridized carbons (Fsp3) is 0.261. The number of likely N-dealkylation sites (tertiary alicyclic amines) is 1. The molecule has 7 nitrogen and oxygen atoms in total. The van der Waals surface area contributed by atoms with Crippen LogP contribution in [0.1, 0.15) is 23.2 Å². The van der Waals surface area contributed by atoms with Crippen LogP contribution < -0.4 is 16.3 Å². The number of nitrogens with zero attached hydrogens (tertiary/aromatic N) is 1. The van der Waals surface area contributed by atoms with Gasteiger partial charge >= 0.3 is 11.7 Å². The molecule has 1 saturated heterocycles. The number of carbonyl (C=O) groups is 2. The topological polar surface area (TPSA) is 91.7 Å². The molecule has 160 valence electrons. The maximum Gasteiger partial charge on any atom is 0.349 e. The van der Waals surface area contributed by atoms with Crippen molar-refractivity contribution in [3.63, 3.8) is 0 Å². The van der Waals surface area contributed by atoms with Gasteiger partial charge in [-0.25, -0.2) is 14.0 Å². The van der Waals surface area contributed by atoms with E-state index in [0.717, 1.165) is 12.8 Å². The third kappa shape index (κ3) is 4.91. The Labute approximate surface area is 177 Å². The molecule has 8 heteroatoms. The Bertz CT molecular complexity index is 1150. The van der Waals surface area contributed by atoms with Crippen LogP contribution in [0.4, 0.5) is 14.9 Å². The summed E-state index contributed by atoms with van der Waals surface area (Å²) in [5.74, 6) is -0.621. The number of hydrogen-bond donors (Lipinski definition) is 2. The quantitative estimate of drug-likeness (QED) is 0.627. The summed E-state index contributed by atoms with van der Waals surface area (Å²) in [7, 11) is 0. The predicted octanol–water partition coefficient (Wildman–Crippen LogP) is 3.61. The van der Waals surface area contributed by atoms with Crippen molar-refractivity contribution in [2.24, 2.45) is 5.92 Å². The van der Waals surface area contributed by atoms with Crippen LogP contribution in [0.3, 0.4) is 0 Å². The Morgan fingerprint density at radius 1 is 1.06 bits per heavy atom. The zero-order valence-electron chi connectivity index (χ0n) is 16.8. The van der Waals surface area contributed by atoms with E-state index in [4.69, 9.17) is 4.42 Å². The third-order valence-corrected chi connectivity index (χ3v) is 5.43. The van der Waals surface area contributed by atoms with Crippen LogP contribution in [-0.2, 0) is 0 Å². The molecule has 0 atom stereocenters. The molecular weight excluding hydrogens is 401 g/mol. The smallest absolute Gasteiger partial charge is 0.349 e. The van der Waals surface area contributed by atoms with Crippen molar-refractivity contribution in [2.75, 3.05) is 25.0 Å². The Kier molecular flexibility index (Phi) is 5.97. The Morgan fingerprint density at radius 3 is 2.52 bits per heavy atom. The SMILES string of the molecule is O=C(NCC1CCN(C(=O)Nc2ccc(F)cc2)CC1)c1cc2ccccc2oc1=O. The normalized spacial score (nSPS) is 14.4. The summed E-state index contributed by atoms with van der Waals surface area (Å²) in [6.45, 7) is 1.51. The molecule has 1 aliphatic heterocycles. The van der Waals surface area contributed by atoms with E-state index >= 15 is 0 Å². The summed E-state index contributed by atoms with van der Waals surface area (Å²) >= 11 is 0. The number of hydrogen-bond acceptors (Lipinski definition) is 4. The first kappa shape index (κ1) is 20.6. The first-order valence-corrected chi connectivity index (χ1v) is 10.1. The van der Waals surface area contributed by atoms with E-state index in [-0.39, 0.29) is 23.3 Å². The molecule has 3 amide bonds. The average Bonchev–Trinajstić information content (AvgIpc) is 2.79. The first-order valence-electron chi connectivity index (χ1n) is 10.1. The highest BCUT2D eigenvalue weighted by Gasteiger charge is 2.24. The van der Waals surface area contributed by atoms with Crippen LogP contribution >= 0.6 is 0 Å². The van der Waals surface area contributed by atoms with E-state index in [1.807, 2.05) is 6.07 Å². The summed E-state index contributed by atoms with van der Waals surface area (Å²) in [6.07, 6.45) is 1.45. The number of fused-ring (bicyclic) bond motifs is 1. The second kappa shape index (κ2) is 8.99. The monoisotopic (exact) mass is 423 g/mol. The molecule has 0 saturated carbocycles. The van der Waals surface area contributed by atoms with Crippen molar-refractivity contribution in [3.8, 4) is 0 Å². The number of amides is 3. The lowest BCUT2D eigenvalue weighted by Crippen LogP contribution is -2.43. The van der Waals surface area contributed by atoms with Gasteiger partial charge in [-0.1, -0.05) is 18.2 Å². The minimum atomic E-state index is -0.663. The number of urea groups is 1. The number of piperidine rings is 1. The van der Waals surface area contributed by atoms with Gasteiger partial charge in [0.1, 0.15) is 17.0 Å². The second-order valence-corrected chi connectivity index (χ2v) is 7.56. The highest BCUT2D eigenvalue weighted by atomic mass is 19.1. The summed E-state index contributed by atoms with van der Waals surface area (Å²) in [6, 6.07) is 13.9. The Balaban J connectivity index is 1.28. The fourth-order valence-corrected chi connectivity index (χ4v) is 3.63. The minimum absolute atomic E-state index is 0.0187. The molecule has 4 rings (SSSR count). The van der Waals surface area contributed by atoms with Crippen molar-refractivity contribution in [3.05, 3.63) is 76.4 Å². The molecule has 2 N–H and O–H groups in total. The van der Waals surface area contributed by atoms with Crippen molar-refractivity contribution in [1.82, 2.24) is 10.2 Å². The van der Waals surface area contributed by atoms with Gasteiger partial charge in [0.15, 0.2) is 0 Å². The molecular formula is C23H22FN3O4. The van der Waals surface area contributed by atoms with E-state index in [2.05, 4.69) is 10.6 Å². The first-order chi connectivity index (χ1) is 15.0. The number of para-hydroxylation sites is 1. The Morgan fingerprint density at radius 2 is 1.77 bits per heavy atom. The molecule has 0 unspecified atom stereocenters. The lowest BCUT2D eigenvalue weighted by atomic mass is 9.97. The summed E-state index contributed by atoms with van der Waals surface area (Å²) in [4.78, 5) is 38.6. The van der Waals surface area contributed by atoms with Crippen molar-refractivity contribution < 1.29 is 18.4 Å². The third-order valence-electron chi connectivity index (χ3n) is 5.43. The van der Waals surface area contributed by atoms with Gasteiger partial charge in [0.25, 0.3) is 5.91 Å². The molecule has 2 heterocycles. The van der Waals surface area contributed by atoms with E-state index in [1.54, 1.807) is 29.2 Å². The molecule has 31 heavy (non-hydrogen) atoms. The molecule has 0 aliphatic carbocycles. The highest BCUT2D eigenvalue weighted by Crippen LogP contribution is 2.18. The van der Waals surface area contributed by atoms with Crippen LogP contribution in [0.2, 0.25) is 0 Å². The van der Waals surface area contributed by atoms with E-state index in [9.17, 15) is 18.8 Å². The molecule has 0 bridgehead atoms. The average molecular weight is 423 g/mol. The van der Waals surface area contributed by atoms with Gasteiger partial charge in [0.2, 0.25) is 0 Å². The zero-order chi connectivity index (χ0) is 21.8. The van der Waals surface area contributed by atoms with Crippen LogP contribution in [0.5, 0.6) is 0 Å².